The van der Waals surface area contributed by atoms with Gasteiger partial charge in [0.25, 0.3) is 0 Å². The third-order valence-electron chi connectivity index (χ3n) is 2.79. The van der Waals surface area contributed by atoms with Crippen LogP contribution in [0.25, 0.3) is 5.57 Å². The Labute approximate surface area is 103 Å². The monoisotopic (exact) mass is 220 g/mol. The highest BCUT2D eigenvalue weighted by Gasteiger charge is 2.04. The van der Waals surface area contributed by atoms with E-state index in [1.807, 2.05) is 0 Å². The number of hydrogen-bond acceptors (Lipinski definition) is 0. The van der Waals surface area contributed by atoms with Crippen molar-refractivity contribution in [3.05, 3.63) is 83.1 Å². The molecule has 0 heteroatoms. The van der Waals surface area contributed by atoms with Crippen LogP contribution in [-0.4, -0.2) is 0 Å². The van der Waals surface area contributed by atoms with Crippen LogP contribution in [0.3, 0.4) is 0 Å². The standard InChI is InChI=1S/C17H16/c1-4-17(15-9-5-7-13(2)11-15)16-10-6-8-14(3)12-16/h5-12H,1H2,2-3H3. The lowest BCUT2D eigenvalue weighted by atomic mass is 9.96. The third kappa shape index (κ3) is 2.55. The van der Waals surface area contributed by atoms with Gasteiger partial charge in [-0.05, 0) is 25.0 Å². The maximum absolute atomic E-state index is 3.81. The van der Waals surface area contributed by atoms with E-state index in [1.54, 1.807) is 0 Å². The molecule has 2 aromatic rings. The van der Waals surface area contributed by atoms with Crippen LogP contribution in [0.4, 0.5) is 0 Å². The summed E-state index contributed by atoms with van der Waals surface area (Å²) in [6, 6.07) is 16.9. The van der Waals surface area contributed by atoms with E-state index in [4.69, 9.17) is 0 Å². The van der Waals surface area contributed by atoms with Gasteiger partial charge in [0.15, 0.2) is 0 Å². The van der Waals surface area contributed by atoms with E-state index in [2.05, 4.69) is 74.7 Å². The van der Waals surface area contributed by atoms with Crippen molar-refractivity contribution in [1.82, 2.24) is 0 Å². The molecule has 0 saturated carbocycles. The van der Waals surface area contributed by atoms with Gasteiger partial charge in [-0.25, -0.2) is 0 Å². The second-order valence-corrected chi connectivity index (χ2v) is 4.29. The molecule has 0 aliphatic rings. The predicted octanol–water partition coefficient (Wildman–Crippen LogP) is 4.52. The van der Waals surface area contributed by atoms with Gasteiger partial charge in [-0.2, -0.15) is 0 Å². The molecule has 0 aromatic heterocycles. The van der Waals surface area contributed by atoms with E-state index in [1.165, 1.54) is 22.3 Å². The smallest absolute Gasteiger partial charge is 0.0303 e. The molecule has 0 spiro atoms. The first-order chi connectivity index (χ1) is 8.20. The SMILES string of the molecule is C=C=C(c1cccc(C)c1)c1cccc(C)c1. The summed E-state index contributed by atoms with van der Waals surface area (Å²) < 4.78 is 0. The first-order valence-electron chi connectivity index (χ1n) is 5.75. The van der Waals surface area contributed by atoms with Crippen molar-refractivity contribution < 1.29 is 0 Å². The minimum absolute atomic E-state index is 1.07. The summed E-state index contributed by atoms with van der Waals surface area (Å²) in [6.45, 7) is 8.01. The van der Waals surface area contributed by atoms with Crippen molar-refractivity contribution in [2.24, 2.45) is 0 Å². The molecule has 0 bridgehead atoms. The average Bonchev–Trinajstić information content (AvgIpc) is 2.30. The van der Waals surface area contributed by atoms with Crippen LogP contribution in [0, 0.1) is 13.8 Å². The molecule has 17 heavy (non-hydrogen) atoms. The second kappa shape index (κ2) is 4.86. The molecule has 0 amide bonds. The summed E-state index contributed by atoms with van der Waals surface area (Å²) in [5.41, 5.74) is 8.97. The number of aryl methyl sites for hydroxylation is 2. The zero-order valence-corrected chi connectivity index (χ0v) is 10.3. The van der Waals surface area contributed by atoms with Crippen molar-refractivity contribution >= 4 is 5.57 Å². The van der Waals surface area contributed by atoms with Crippen molar-refractivity contribution in [3.8, 4) is 0 Å². The van der Waals surface area contributed by atoms with E-state index in [9.17, 15) is 0 Å². The minimum Gasteiger partial charge on any atom is -0.119 e. The van der Waals surface area contributed by atoms with Crippen LogP contribution >= 0.6 is 0 Å². The first-order valence-corrected chi connectivity index (χ1v) is 5.75. The van der Waals surface area contributed by atoms with E-state index >= 15 is 0 Å². The molecule has 0 N–H and O–H groups in total. The summed E-state index contributed by atoms with van der Waals surface area (Å²) in [5, 5.41) is 0. The second-order valence-electron chi connectivity index (χ2n) is 4.29. The number of hydrogen-bond donors (Lipinski definition) is 0. The first kappa shape index (κ1) is 11.4. The fraction of sp³-hybridized carbons (Fsp3) is 0.118. The topological polar surface area (TPSA) is 0 Å². The van der Waals surface area contributed by atoms with Crippen molar-refractivity contribution in [1.29, 1.82) is 0 Å². The Kier molecular flexibility index (Phi) is 3.27. The lowest BCUT2D eigenvalue weighted by molar-refractivity contribution is 1.42. The highest BCUT2D eigenvalue weighted by Crippen LogP contribution is 2.23. The minimum atomic E-state index is 1.07. The maximum atomic E-state index is 3.81. The Morgan fingerprint density at radius 1 is 0.882 bits per heavy atom. The molecule has 84 valence electrons. The normalized spacial score (nSPS) is 9.76. The largest absolute Gasteiger partial charge is 0.119 e. The Bertz CT molecular complexity index is 537. The van der Waals surface area contributed by atoms with Gasteiger partial charge < -0.3 is 0 Å². The average molecular weight is 220 g/mol. The van der Waals surface area contributed by atoms with Crippen LogP contribution in [-0.2, 0) is 0 Å². The summed E-state index contributed by atoms with van der Waals surface area (Å²) in [7, 11) is 0. The number of benzene rings is 2. The molecule has 2 aromatic carbocycles. The van der Waals surface area contributed by atoms with Gasteiger partial charge in [0.1, 0.15) is 0 Å². The van der Waals surface area contributed by atoms with Crippen molar-refractivity contribution in [2.75, 3.05) is 0 Å². The zero-order valence-electron chi connectivity index (χ0n) is 10.3. The van der Waals surface area contributed by atoms with Gasteiger partial charge in [-0.15, -0.1) is 5.73 Å². The molecular formula is C17H16. The van der Waals surface area contributed by atoms with Crippen LogP contribution in [0.15, 0.2) is 60.8 Å². The Balaban J connectivity index is 2.52. The molecule has 0 unspecified atom stereocenters. The summed E-state index contributed by atoms with van der Waals surface area (Å²) in [6.07, 6.45) is 0. The van der Waals surface area contributed by atoms with Crippen LogP contribution in [0.1, 0.15) is 22.3 Å². The molecule has 2 rings (SSSR count). The van der Waals surface area contributed by atoms with Gasteiger partial charge in [0.05, 0.1) is 0 Å². The fourth-order valence-electron chi connectivity index (χ4n) is 1.97. The van der Waals surface area contributed by atoms with E-state index in [0.717, 1.165) is 5.57 Å². The van der Waals surface area contributed by atoms with Gasteiger partial charge in [0, 0.05) is 5.57 Å². The quantitative estimate of drug-likeness (QED) is 0.653. The van der Waals surface area contributed by atoms with Gasteiger partial charge in [-0.3, -0.25) is 0 Å². The summed E-state index contributed by atoms with van der Waals surface area (Å²) in [5.74, 6) is 0. The molecule has 0 aliphatic carbocycles. The summed E-state index contributed by atoms with van der Waals surface area (Å²) >= 11 is 0. The van der Waals surface area contributed by atoms with E-state index in [-0.39, 0.29) is 0 Å². The fourth-order valence-corrected chi connectivity index (χ4v) is 1.97. The van der Waals surface area contributed by atoms with Crippen LogP contribution in [0.5, 0.6) is 0 Å². The molecule has 0 nitrogen and oxygen atoms in total. The number of rotatable bonds is 2. The molecule has 0 heterocycles. The Morgan fingerprint density at radius 3 is 1.71 bits per heavy atom. The molecule has 0 radical (unpaired) electrons. The van der Waals surface area contributed by atoms with Gasteiger partial charge in [0.2, 0.25) is 0 Å². The van der Waals surface area contributed by atoms with Crippen molar-refractivity contribution in [3.63, 3.8) is 0 Å². The highest BCUT2D eigenvalue weighted by atomic mass is 14.1. The molecular weight excluding hydrogens is 204 g/mol. The van der Waals surface area contributed by atoms with Crippen LogP contribution < -0.4 is 0 Å². The predicted molar refractivity (Wildman–Crippen MR) is 74.0 cm³/mol. The third-order valence-corrected chi connectivity index (χ3v) is 2.79. The molecule has 0 fully saturated rings. The lowest BCUT2D eigenvalue weighted by Crippen LogP contribution is -1.88. The van der Waals surface area contributed by atoms with Gasteiger partial charge >= 0.3 is 0 Å². The Hall–Kier alpha value is -2.04. The lowest BCUT2D eigenvalue weighted by Gasteiger charge is -2.07. The maximum Gasteiger partial charge on any atom is 0.0303 e. The molecule has 0 atom stereocenters. The van der Waals surface area contributed by atoms with Gasteiger partial charge in [-0.1, -0.05) is 66.2 Å². The highest BCUT2D eigenvalue weighted by molar-refractivity contribution is 5.79. The molecule has 0 saturated heterocycles. The van der Waals surface area contributed by atoms with Crippen molar-refractivity contribution in [2.45, 2.75) is 13.8 Å². The summed E-state index contributed by atoms with van der Waals surface area (Å²) in [4.78, 5) is 0. The zero-order chi connectivity index (χ0) is 12.3. The van der Waals surface area contributed by atoms with E-state index in [0.29, 0.717) is 0 Å². The van der Waals surface area contributed by atoms with Crippen LogP contribution in [0.2, 0.25) is 0 Å². The van der Waals surface area contributed by atoms with E-state index < -0.39 is 0 Å². The Morgan fingerprint density at radius 2 is 1.35 bits per heavy atom. The molecule has 0 aliphatic heterocycles.